The summed E-state index contributed by atoms with van der Waals surface area (Å²) >= 11 is 3.26. The third kappa shape index (κ3) is 5.94. The van der Waals surface area contributed by atoms with Gasteiger partial charge >= 0.3 is 0 Å². The van der Waals surface area contributed by atoms with Crippen LogP contribution in [0.2, 0.25) is 0 Å². The maximum absolute atomic E-state index is 13.0. The standard InChI is InChI=1S/C16H19BrFN3O3S.H2/c1-21(2)8-3-9-24-16-15(10-12(17)11-19-16)20-25(22,23)14-6-4-13(18)5-7-14;/h4-7,10-11,20H,3,8-9H2,1-2H3;1H. The Morgan fingerprint density at radius 2 is 2.00 bits per heavy atom. The van der Waals surface area contributed by atoms with Crippen molar-refractivity contribution < 1.29 is 19.0 Å². The zero-order chi connectivity index (χ0) is 18.4. The number of pyridine rings is 1. The number of anilines is 1. The SMILES string of the molecule is CN(C)CCCOc1ncc(Br)cc1NS(=O)(=O)c1ccc(F)cc1.[HH]. The minimum Gasteiger partial charge on any atom is -0.476 e. The Balaban J connectivity index is 0.00000338. The van der Waals surface area contributed by atoms with Gasteiger partial charge in [0, 0.05) is 18.6 Å². The molecule has 0 unspecified atom stereocenters. The van der Waals surface area contributed by atoms with Gasteiger partial charge in [-0.1, -0.05) is 0 Å². The number of benzene rings is 1. The number of rotatable bonds is 8. The third-order valence-electron chi connectivity index (χ3n) is 3.17. The van der Waals surface area contributed by atoms with Gasteiger partial charge in [-0.15, -0.1) is 0 Å². The van der Waals surface area contributed by atoms with Crippen molar-refractivity contribution in [2.75, 3.05) is 32.0 Å². The van der Waals surface area contributed by atoms with E-state index in [0.29, 0.717) is 11.1 Å². The van der Waals surface area contributed by atoms with Crippen molar-refractivity contribution >= 4 is 31.6 Å². The molecule has 0 aliphatic rings. The van der Waals surface area contributed by atoms with Crippen molar-refractivity contribution in [2.24, 2.45) is 0 Å². The van der Waals surface area contributed by atoms with Crippen LogP contribution in [0.1, 0.15) is 7.85 Å². The molecule has 1 aromatic carbocycles. The van der Waals surface area contributed by atoms with Crippen LogP contribution < -0.4 is 9.46 Å². The van der Waals surface area contributed by atoms with E-state index >= 15 is 0 Å². The molecule has 0 spiro atoms. The zero-order valence-corrected chi connectivity index (χ0v) is 16.3. The summed E-state index contributed by atoms with van der Waals surface area (Å²) in [5.74, 6) is -0.319. The fourth-order valence-corrected chi connectivity index (χ4v) is 3.36. The molecule has 1 aromatic heterocycles. The lowest BCUT2D eigenvalue weighted by atomic mass is 10.4. The summed E-state index contributed by atoms with van der Waals surface area (Å²) in [7, 11) is 0.0378. The monoisotopic (exact) mass is 433 g/mol. The van der Waals surface area contributed by atoms with E-state index < -0.39 is 15.8 Å². The van der Waals surface area contributed by atoms with E-state index in [2.05, 4.69) is 25.6 Å². The Labute approximate surface area is 156 Å². The van der Waals surface area contributed by atoms with Crippen molar-refractivity contribution in [1.29, 1.82) is 0 Å². The van der Waals surface area contributed by atoms with Gasteiger partial charge in [-0.3, -0.25) is 4.72 Å². The first-order valence-electron chi connectivity index (χ1n) is 7.49. The van der Waals surface area contributed by atoms with Gasteiger partial charge in [0.15, 0.2) is 0 Å². The molecule has 2 rings (SSSR count). The summed E-state index contributed by atoms with van der Waals surface area (Å²) in [6.45, 7) is 1.24. The van der Waals surface area contributed by atoms with Crippen molar-refractivity contribution in [3.63, 3.8) is 0 Å². The Morgan fingerprint density at radius 3 is 2.64 bits per heavy atom. The quantitative estimate of drug-likeness (QED) is 0.646. The van der Waals surface area contributed by atoms with Crippen LogP contribution in [0.3, 0.4) is 0 Å². The fourth-order valence-electron chi connectivity index (χ4n) is 1.98. The predicted molar refractivity (Wildman–Crippen MR) is 99.9 cm³/mol. The summed E-state index contributed by atoms with van der Waals surface area (Å²) in [6.07, 6.45) is 2.30. The van der Waals surface area contributed by atoms with Gasteiger partial charge in [-0.05, 0) is 66.8 Å². The van der Waals surface area contributed by atoms with Gasteiger partial charge in [-0.25, -0.2) is 17.8 Å². The zero-order valence-electron chi connectivity index (χ0n) is 13.9. The first-order chi connectivity index (χ1) is 11.8. The van der Waals surface area contributed by atoms with E-state index in [1.165, 1.54) is 18.3 Å². The Kier molecular flexibility index (Phi) is 6.74. The van der Waals surface area contributed by atoms with Crippen LogP contribution in [0.5, 0.6) is 5.88 Å². The molecule has 0 radical (unpaired) electrons. The minimum atomic E-state index is -3.88. The molecule has 0 bridgehead atoms. The van der Waals surface area contributed by atoms with Gasteiger partial charge < -0.3 is 9.64 Å². The first-order valence-corrected chi connectivity index (χ1v) is 9.77. The summed E-state index contributed by atoms with van der Waals surface area (Å²) in [5.41, 5.74) is 0.212. The van der Waals surface area contributed by atoms with Crippen LogP contribution in [0, 0.1) is 5.82 Å². The summed E-state index contributed by atoms with van der Waals surface area (Å²) in [4.78, 5) is 6.09. The van der Waals surface area contributed by atoms with E-state index in [1.807, 2.05) is 19.0 Å². The average molecular weight is 434 g/mol. The van der Waals surface area contributed by atoms with Crippen LogP contribution in [0.25, 0.3) is 0 Å². The van der Waals surface area contributed by atoms with Gasteiger partial charge in [0.25, 0.3) is 10.0 Å². The third-order valence-corrected chi connectivity index (χ3v) is 4.99. The molecular formula is C16H21BrFN3O3S. The lowest BCUT2D eigenvalue weighted by molar-refractivity contribution is 0.274. The van der Waals surface area contributed by atoms with E-state index in [9.17, 15) is 12.8 Å². The molecule has 0 fully saturated rings. The average Bonchev–Trinajstić information content (AvgIpc) is 2.53. The maximum atomic E-state index is 13.0. The molecule has 0 amide bonds. The molecule has 9 heteroatoms. The fraction of sp³-hybridized carbons (Fsp3) is 0.312. The van der Waals surface area contributed by atoms with E-state index in [0.717, 1.165) is 25.1 Å². The Bertz CT molecular complexity index is 820. The molecule has 0 aliphatic carbocycles. The van der Waals surface area contributed by atoms with Crippen LogP contribution >= 0.6 is 15.9 Å². The highest BCUT2D eigenvalue weighted by atomic mass is 79.9. The normalized spacial score (nSPS) is 11.6. The molecule has 2 aromatic rings. The molecule has 1 N–H and O–H groups in total. The van der Waals surface area contributed by atoms with Crippen LogP contribution in [-0.4, -0.2) is 45.5 Å². The van der Waals surface area contributed by atoms with Gasteiger partial charge in [0.2, 0.25) is 5.88 Å². The smallest absolute Gasteiger partial charge is 0.262 e. The van der Waals surface area contributed by atoms with Crippen molar-refractivity contribution in [3.8, 4) is 5.88 Å². The molecule has 0 atom stereocenters. The number of nitrogens with zero attached hydrogens (tertiary/aromatic N) is 2. The molecule has 138 valence electrons. The molecule has 0 aliphatic heterocycles. The number of sulfonamides is 1. The second kappa shape index (κ2) is 8.59. The largest absolute Gasteiger partial charge is 0.476 e. The molecule has 25 heavy (non-hydrogen) atoms. The van der Waals surface area contributed by atoms with Crippen molar-refractivity contribution in [1.82, 2.24) is 9.88 Å². The first kappa shape index (κ1) is 19.6. The molecular weight excluding hydrogens is 413 g/mol. The minimum absolute atomic E-state index is 0. The Hall–Kier alpha value is -1.71. The highest BCUT2D eigenvalue weighted by Crippen LogP contribution is 2.28. The molecule has 0 saturated carbocycles. The second-order valence-corrected chi connectivity index (χ2v) is 8.17. The van der Waals surface area contributed by atoms with Gasteiger partial charge in [-0.2, -0.15) is 0 Å². The van der Waals surface area contributed by atoms with E-state index in [-0.39, 0.29) is 17.9 Å². The lowest BCUT2D eigenvalue weighted by Gasteiger charge is -2.14. The topological polar surface area (TPSA) is 71.5 Å². The second-order valence-electron chi connectivity index (χ2n) is 5.57. The van der Waals surface area contributed by atoms with Crippen molar-refractivity contribution in [2.45, 2.75) is 11.3 Å². The lowest BCUT2D eigenvalue weighted by Crippen LogP contribution is -2.17. The van der Waals surface area contributed by atoms with Crippen molar-refractivity contribution in [3.05, 3.63) is 46.8 Å². The highest BCUT2D eigenvalue weighted by molar-refractivity contribution is 9.10. The highest BCUT2D eigenvalue weighted by Gasteiger charge is 2.18. The molecule has 0 saturated heterocycles. The number of ether oxygens (including phenoxy) is 1. The number of halogens is 2. The van der Waals surface area contributed by atoms with Crippen LogP contribution in [0.15, 0.2) is 45.9 Å². The van der Waals surface area contributed by atoms with Gasteiger partial charge in [0.05, 0.1) is 11.5 Å². The predicted octanol–water partition coefficient (Wildman–Crippen LogP) is 3.36. The summed E-state index contributed by atoms with van der Waals surface area (Å²) in [6, 6.07) is 6.13. The number of hydrogen-bond donors (Lipinski definition) is 1. The Morgan fingerprint density at radius 1 is 1.32 bits per heavy atom. The maximum Gasteiger partial charge on any atom is 0.262 e. The van der Waals surface area contributed by atoms with E-state index in [1.54, 1.807) is 6.07 Å². The molecule has 6 nitrogen and oxygen atoms in total. The summed E-state index contributed by atoms with van der Waals surface area (Å²) in [5, 5.41) is 0. The number of nitrogens with one attached hydrogen (secondary N) is 1. The van der Waals surface area contributed by atoms with Gasteiger partial charge in [0.1, 0.15) is 11.5 Å². The van der Waals surface area contributed by atoms with E-state index in [4.69, 9.17) is 4.74 Å². The van der Waals surface area contributed by atoms with Crippen LogP contribution in [-0.2, 0) is 10.0 Å². The molecule has 1 heterocycles. The number of hydrogen-bond acceptors (Lipinski definition) is 5. The number of aromatic nitrogens is 1. The van der Waals surface area contributed by atoms with Crippen LogP contribution in [0.4, 0.5) is 10.1 Å². The summed E-state index contributed by atoms with van der Waals surface area (Å²) < 4.78 is 46.5.